The van der Waals surface area contributed by atoms with Crippen molar-refractivity contribution >= 4 is 28.2 Å². The third-order valence-corrected chi connectivity index (χ3v) is 4.56. The summed E-state index contributed by atoms with van der Waals surface area (Å²) < 4.78 is 0. The second kappa shape index (κ2) is 8.04. The molecule has 1 atom stereocenters. The first-order valence-corrected chi connectivity index (χ1v) is 8.01. The van der Waals surface area contributed by atoms with Crippen molar-refractivity contribution < 1.29 is 14.7 Å². The molecule has 1 rings (SSSR count). The van der Waals surface area contributed by atoms with Crippen LogP contribution in [0.25, 0.3) is 0 Å². The molecule has 0 saturated heterocycles. The highest BCUT2D eigenvalue weighted by Gasteiger charge is 2.21. The molecule has 112 valence electrons. The Hall–Kier alpha value is -1.36. The Balaban J connectivity index is 2.83. The molecule has 5 heteroatoms. The second-order valence-corrected chi connectivity index (χ2v) is 5.99. The van der Waals surface area contributed by atoms with Crippen LogP contribution in [0, 0.1) is 5.92 Å². The number of amides is 1. The van der Waals surface area contributed by atoms with Gasteiger partial charge in [-0.15, -0.1) is 11.3 Å². The van der Waals surface area contributed by atoms with Gasteiger partial charge in [0.15, 0.2) is 0 Å². The van der Waals surface area contributed by atoms with Crippen LogP contribution in [0.5, 0.6) is 0 Å². The number of rotatable bonds is 8. The summed E-state index contributed by atoms with van der Waals surface area (Å²) in [7, 11) is 0. The number of thiophene rings is 1. The van der Waals surface area contributed by atoms with E-state index in [1.165, 1.54) is 11.3 Å². The summed E-state index contributed by atoms with van der Waals surface area (Å²) >= 11 is 1.36. The van der Waals surface area contributed by atoms with Gasteiger partial charge in [0.2, 0.25) is 5.91 Å². The maximum absolute atomic E-state index is 12.2. The molecule has 4 nitrogen and oxygen atoms in total. The van der Waals surface area contributed by atoms with E-state index >= 15 is 0 Å². The number of carboxylic acids is 1. The molecule has 1 amide bonds. The van der Waals surface area contributed by atoms with Gasteiger partial charge < -0.3 is 10.4 Å². The van der Waals surface area contributed by atoms with Gasteiger partial charge >= 0.3 is 5.97 Å². The average Bonchev–Trinajstić information content (AvgIpc) is 2.83. The highest BCUT2D eigenvalue weighted by molar-refractivity contribution is 7.16. The number of nitrogens with one attached hydrogen (secondary N) is 1. The van der Waals surface area contributed by atoms with Crippen molar-refractivity contribution in [3.05, 3.63) is 16.5 Å². The van der Waals surface area contributed by atoms with E-state index < -0.39 is 5.97 Å². The number of unbranched alkanes of at least 4 members (excludes halogenated alkanes) is 1. The van der Waals surface area contributed by atoms with Crippen molar-refractivity contribution in [2.24, 2.45) is 5.92 Å². The fraction of sp³-hybridized carbons (Fsp3) is 0.600. The number of hydrogen-bond donors (Lipinski definition) is 2. The van der Waals surface area contributed by atoms with Crippen molar-refractivity contribution in [3.8, 4) is 0 Å². The van der Waals surface area contributed by atoms with Crippen LogP contribution < -0.4 is 5.32 Å². The number of anilines is 1. The van der Waals surface area contributed by atoms with E-state index in [1.807, 2.05) is 13.8 Å². The lowest BCUT2D eigenvalue weighted by Crippen LogP contribution is -2.22. The molecule has 0 aromatic carbocycles. The van der Waals surface area contributed by atoms with Gasteiger partial charge in [0.1, 0.15) is 5.00 Å². The van der Waals surface area contributed by atoms with Crippen LogP contribution in [-0.2, 0) is 11.2 Å². The molecule has 2 N–H and O–H groups in total. The van der Waals surface area contributed by atoms with E-state index in [0.717, 1.165) is 37.0 Å². The topological polar surface area (TPSA) is 66.4 Å². The Kier molecular flexibility index (Phi) is 6.71. The van der Waals surface area contributed by atoms with Crippen LogP contribution in [0.2, 0.25) is 0 Å². The van der Waals surface area contributed by atoms with E-state index in [1.54, 1.807) is 6.07 Å². The van der Waals surface area contributed by atoms with Crippen LogP contribution in [0.15, 0.2) is 6.07 Å². The van der Waals surface area contributed by atoms with Crippen molar-refractivity contribution in [2.45, 2.75) is 52.9 Å². The van der Waals surface area contributed by atoms with Gasteiger partial charge in [0, 0.05) is 10.8 Å². The zero-order valence-corrected chi connectivity index (χ0v) is 13.2. The van der Waals surface area contributed by atoms with Gasteiger partial charge in [0.05, 0.1) is 5.56 Å². The van der Waals surface area contributed by atoms with Crippen LogP contribution in [0.4, 0.5) is 5.00 Å². The Morgan fingerprint density at radius 1 is 1.35 bits per heavy atom. The zero-order valence-electron chi connectivity index (χ0n) is 12.4. The normalized spacial score (nSPS) is 12.2. The highest BCUT2D eigenvalue weighted by Crippen LogP contribution is 2.29. The molecule has 0 spiro atoms. The summed E-state index contributed by atoms with van der Waals surface area (Å²) in [5.41, 5.74) is 0.200. The molecule has 1 unspecified atom stereocenters. The van der Waals surface area contributed by atoms with Gasteiger partial charge in [-0.2, -0.15) is 0 Å². The predicted molar refractivity (Wildman–Crippen MR) is 82.6 cm³/mol. The van der Waals surface area contributed by atoms with Crippen LogP contribution in [-0.4, -0.2) is 17.0 Å². The summed E-state index contributed by atoms with van der Waals surface area (Å²) in [5.74, 6) is -1.09. The largest absolute Gasteiger partial charge is 0.478 e. The Morgan fingerprint density at radius 3 is 2.55 bits per heavy atom. The first-order chi connectivity index (χ1) is 9.53. The average molecular weight is 297 g/mol. The minimum Gasteiger partial charge on any atom is -0.478 e. The van der Waals surface area contributed by atoms with E-state index in [4.69, 9.17) is 0 Å². The summed E-state index contributed by atoms with van der Waals surface area (Å²) in [5, 5.41) is 12.5. The molecular formula is C15H23NO3S. The standard InChI is InChI=1S/C15H23NO3S/c1-4-7-8-10(5-2)13(17)16-14-12(15(18)19)9-11(6-3)20-14/h9-10H,4-8H2,1-3H3,(H,16,17)(H,18,19). The quantitative estimate of drug-likeness (QED) is 0.757. The molecule has 0 aliphatic rings. The minimum atomic E-state index is -0.988. The minimum absolute atomic E-state index is 0.0382. The monoisotopic (exact) mass is 297 g/mol. The smallest absolute Gasteiger partial charge is 0.338 e. The van der Waals surface area contributed by atoms with Crippen LogP contribution >= 0.6 is 11.3 Å². The molecule has 20 heavy (non-hydrogen) atoms. The Bertz CT molecular complexity index is 468. The van der Waals surface area contributed by atoms with Crippen molar-refractivity contribution in [1.29, 1.82) is 0 Å². The van der Waals surface area contributed by atoms with Gasteiger partial charge in [-0.3, -0.25) is 4.79 Å². The summed E-state index contributed by atoms with van der Waals surface area (Å²) in [6, 6.07) is 1.65. The summed E-state index contributed by atoms with van der Waals surface area (Å²) in [6.45, 7) is 6.06. The van der Waals surface area contributed by atoms with E-state index in [9.17, 15) is 14.7 Å². The number of aromatic carboxylic acids is 1. The fourth-order valence-corrected chi connectivity index (χ4v) is 3.04. The van der Waals surface area contributed by atoms with E-state index in [-0.39, 0.29) is 17.4 Å². The van der Waals surface area contributed by atoms with Crippen molar-refractivity contribution in [1.82, 2.24) is 0 Å². The fourth-order valence-electron chi connectivity index (χ4n) is 2.05. The predicted octanol–water partition coefficient (Wildman–Crippen LogP) is 4.16. The lowest BCUT2D eigenvalue weighted by atomic mass is 9.98. The van der Waals surface area contributed by atoms with Crippen LogP contribution in [0.3, 0.4) is 0 Å². The lowest BCUT2D eigenvalue weighted by Gasteiger charge is -2.14. The SMILES string of the molecule is CCCCC(CC)C(=O)Nc1sc(CC)cc1C(=O)O. The maximum atomic E-state index is 12.2. The molecule has 0 aliphatic heterocycles. The van der Waals surface area contributed by atoms with E-state index in [0.29, 0.717) is 5.00 Å². The lowest BCUT2D eigenvalue weighted by molar-refractivity contribution is -0.120. The zero-order chi connectivity index (χ0) is 15.1. The molecule has 0 saturated carbocycles. The number of carbonyl (C=O) groups is 2. The Labute approximate surface area is 124 Å². The number of aryl methyl sites for hydroxylation is 1. The first kappa shape index (κ1) is 16.7. The van der Waals surface area contributed by atoms with Crippen molar-refractivity contribution in [3.63, 3.8) is 0 Å². The third kappa shape index (κ3) is 4.34. The molecule has 0 radical (unpaired) electrons. The van der Waals surface area contributed by atoms with Crippen molar-refractivity contribution in [2.75, 3.05) is 5.32 Å². The number of carboxylic acid groups (broad SMARTS) is 1. The summed E-state index contributed by atoms with van der Waals surface area (Å²) in [4.78, 5) is 24.4. The van der Waals surface area contributed by atoms with Gasteiger partial charge in [-0.05, 0) is 25.3 Å². The van der Waals surface area contributed by atoms with Gasteiger partial charge in [-0.25, -0.2) is 4.79 Å². The molecule has 0 aliphatic carbocycles. The maximum Gasteiger partial charge on any atom is 0.338 e. The van der Waals surface area contributed by atoms with E-state index in [2.05, 4.69) is 12.2 Å². The second-order valence-electron chi connectivity index (χ2n) is 4.85. The molecule has 0 fully saturated rings. The number of hydrogen-bond acceptors (Lipinski definition) is 3. The number of carbonyl (C=O) groups excluding carboxylic acids is 1. The molecular weight excluding hydrogens is 274 g/mol. The summed E-state index contributed by atoms with van der Waals surface area (Å²) in [6.07, 6.45) is 4.48. The Morgan fingerprint density at radius 2 is 2.05 bits per heavy atom. The molecule has 1 aromatic heterocycles. The first-order valence-electron chi connectivity index (χ1n) is 7.20. The van der Waals surface area contributed by atoms with Gasteiger partial charge in [-0.1, -0.05) is 33.6 Å². The van der Waals surface area contributed by atoms with Gasteiger partial charge in [0.25, 0.3) is 0 Å². The molecule has 0 bridgehead atoms. The third-order valence-electron chi connectivity index (χ3n) is 3.37. The highest BCUT2D eigenvalue weighted by atomic mass is 32.1. The van der Waals surface area contributed by atoms with Crippen LogP contribution in [0.1, 0.15) is 61.7 Å². The molecule has 1 heterocycles. The molecule has 1 aromatic rings.